The predicted molar refractivity (Wildman–Crippen MR) is 70.7 cm³/mol. The van der Waals surface area contributed by atoms with Gasteiger partial charge in [0.25, 0.3) is 5.56 Å². The highest BCUT2D eigenvalue weighted by Crippen LogP contribution is 2.12. The number of carboxylic acids is 1. The molecule has 0 unspecified atom stereocenters. The first-order chi connectivity index (χ1) is 8.50. The zero-order valence-electron chi connectivity index (χ0n) is 9.38. The maximum Gasteiger partial charge on any atom is 0.339 e. The number of halogens is 1. The summed E-state index contributed by atoms with van der Waals surface area (Å²) in [6.07, 6.45) is 2.77. The summed E-state index contributed by atoms with van der Waals surface area (Å²) < 4.78 is 6.96. The van der Waals surface area contributed by atoms with Gasteiger partial charge in [-0.25, -0.2) is 9.78 Å². The van der Waals surface area contributed by atoms with Gasteiger partial charge in [-0.15, -0.1) is 0 Å². The molecule has 0 radical (unpaired) electrons. The van der Waals surface area contributed by atoms with E-state index in [4.69, 9.17) is 9.52 Å². The first kappa shape index (κ1) is 12.8. The highest BCUT2D eigenvalue weighted by Gasteiger charge is 2.15. The van der Waals surface area contributed by atoms with Crippen molar-refractivity contribution in [1.82, 2.24) is 9.55 Å². The molecule has 2 rings (SSSR count). The highest BCUT2D eigenvalue weighted by molar-refractivity contribution is 14.1. The van der Waals surface area contributed by atoms with Crippen molar-refractivity contribution >= 4 is 28.6 Å². The molecule has 94 valence electrons. The van der Waals surface area contributed by atoms with Gasteiger partial charge in [-0.3, -0.25) is 9.36 Å². The molecule has 0 aromatic carbocycles. The molecule has 0 spiro atoms. The minimum Gasteiger partial charge on any atom is -0.478 e. The van der Waals surface area contributed by atoms with Crippen molar-refractivity contribution in [3.63, 3.8) is 0 Å². The molecule has 0 saturated heterocycles. The summed E-state index contributed by atoms with van der Waals surface area (Å²) in [7, 11) is 0. The van der Waals surface area contributed by atoms with Crippen molar-refractivity contribution in [2.24, 2.45) is 0 Å². The van der Waals surface area contributed by atoms with Crippen LogP contribution >= 0.6 is 22.6 Å². The summed E-state index contributed by atoms with van der Waals surface area (Å²) >= 11 is 1.89. The van der Waals surface area contributed by atoms with Crippen LogP contribution in [0.25, 0.3) is 0 Å². The number of carboxylic acid groups (broad SMARTS) is 1. The Balaban J connectivity index is 2.47. The van der Waals surface area contributed by atoms with Gasteiger partial charge in [0.2, 0.25) is 0 Å². The van der Waals surface area contributed by atoms with Crippen LogP contribution < -0.4 is 5.56 Å². The molecule has 0 saturated carbocycles. The Hall–Kier alpha value is -1.64. The van der Waals surface area contributed by atoms with Crippen LogP contribution in [0.1, 0.15) is 21.9 Å². The Labute approximate surface area is 115 Å². The zero-order chi connectivity index (χ0) is 13.3. The molecule has 6 nitrogen and oxygen atoms in total. The number of rotatable bonds is 3. The van der Waals surface area contributed by atoms with Gasteiger partial charge in [-0.2, -0.15) is 0 Å². The fourth-order valence-corrected chi connectivity index (χ4v) is 1.96. The number of nitrogens with zero attached hydrogens (tertiary/aromatic N) is 2. The average Bonchev–Trinajstić information content (AvgIpc) is 2.78. The molecule has 0 atom stereocenters. The molecule has 2 heterocycles. The summed E-state index contributed by atoms with van der Waals surface area (Å²) in [6.45, 7) is 1.74. The molecule has 2 aromatic heterocycles. The van der Waals surface area contributed by atoms with Crippen LogP contribution in [0.5, 0.6) is 0 Å². The minimum atomic E-state index is -1.08. The summed E-state index contributed by atoms with van der Waals surface area (Å²) in [5, 5.41) is 8.96. The summed E-state index contributed by atoms with van der Waals surface area (Å²) in [5.41, 5.74) is -0.156. The fraction of sp³-hybridized carbons (Fsp3) is 0.182. The van der Waals surface area contributed by atoms with Gasteiger partial charge in [-0.1, -0.05) is 0 Å². The maximum atomic E-state index is 11.9. The molecular formula is C11H9IN2O4. The van der Waals surface area contributed by atoms with Crippen molar-refractivity contribution in [2.45, 2.75) is 13.5 Å². The zero-order valence-corrected chi connectivity index (χ0v) is 11.5. The monoisotopic (exact) mass is 360 g/mol. The standard InChI is InChI=1S/C11H9IN2O4/c1-6-13-4-8(12)10(15)14(6)5-9-7(11(16)17)2-3-18-9/h2-4H,5H2,1H3,(H,16,17). The van der Waals surface area contributed by atoms with Crippen molar-refractivity contribution in [2.75, 3.05) is 0 Å². The summed E-state index contributed by atoms with van der Waals surface area (Å²) in [6, 6.07) is 1.36. The van der Waals surface area contributed by atoms with Gasteiger partial charge >= 0.3 is 5.97 Å². The van der Waals surface area contributed by atoms with Crippen molar-refractivity contribution in [3.05, 3.63) is 49.6 Å². The minimum absolute atomic E-state index is 0.0557. The van der Waals surface area contributed by atoms with Gasteiger partial charge in [0.15, 0.2) is 0 Å². The predicted octanol–water partition coefficient (Wildman–Crippen LogP) is 1.50. The van der Waals surface area contributed by atoms with Gasteiger partial charge in [0.1, 0.15) is 17.1 Å². The summed E-state index contributed by atoms with van der Waals surface area (Å²) in [5.74, 6) is -0.340. The lowest BCUT2D eigenvalue weighted by Gasteiger charge is -2.08. The van der Waals surface area contributed by atoms with E-state index in [2.05, 4.69) is 4.98 Å². The normalized spacial score (nSPS) is 10.6. The number of aryl methyl sites for hydroxylation is 1. The Kier molecular flexibility index (Phi) is 3.50. The van der Waals surface area contributed by atoms with E-state index in [9.17, 15) is 9.59 Å². The number of carbonyl (C=O) groups is 1. The Bertz CT molecular complexity index is 659. The number of hydrogen-bond acceptors (Lipinski definition) is 4. The molecule has 0 aliphatic rings. The molecule has 0 fully saturated rings. The quantitative estimate of drug-likeness (QED) is 0.839. The Morgan fingerprint density at radius 1 is 1.61 bits per heavy atom. The van der Waals surface area contributed by atoms with E-state index < -0.39 is 5.97 Å². The van der Waals surface area contributed by atoms with E-state index in [0.29, 0.717) is 9.39 Å². The lowest BCUT2D eigenvalue weighted by molar-refractivity contribution is 0.0694. The lowest BCUT2D eigenvalue weighted by atomic mass is 10.2. The first-order valence-corrected chi connectivity index (χ1v) is 6.10. The first-order valence-electron chi connectivity index (χ1n) is 5.02. The second kappa shape index (κ2) is 4.92. The molecular weight excluding hydrogens is 351 g/mol. The van der Waals surface area contributed by atoms with Crippen molar-refractivity contribution in [3.8, 4) is 0 Å². The van der Waals surface area contributed by atoms with Crippen LogP contribution in [0.4, 0.5) is 0 Å². The average molecular weight is 360 g/mol. The Morgan fingerprint density at radius 3 is 3.00 bits per heavy atom. The molecule has 18 heavy (non-hydrogen) atoms. The van der Waals surface area contributed by atoms with E-state index >= 15 is 0 Å². The smallest absolute Gasteiger partial charge is 0.339 e. The third-order valence-electron chi connectivity index (χ3n) is 2.48. The largest absolute Gasteiger partial charge is 0.478 e. The second-order valence-electron chi connectivity index (χ2n) is 3.61. The number of hydrogen-bond donors (Lipinski definition) is 1. The topological polar surface area (TPSA) is 85.3 Å². The molecule has 2 aromatic rings. The van der Waals surface area contributed by atoms with Gasteiger partial charge in [0, 0.05) is 6.20 Å². The van der Waals surface area contributed by atoms with Crippen LogP contribution in [0, 0.1) is 10.5 Å². The van der Waals surface area contributed by atoms with Crippen LogP contribution in [0.15, 0.2) is 27.7 Å². The highest BCUT2D eigenvalue weighted by atomic mass is 127. The van der Waals surface area contributed by atoms with E-state index in [1.54, 1.807) is 6.92 Å². The van der Waals surface area contributed by atoms with Crippen LogP contribution in [-0.2, 0) is 6.54 Å². The Morgan fingerprint density at radius 2 is 2.33 bits per heavy atom. The molecule has 0 aliphatic heterocycles. The molecule has 0 aliphatic carbocycles. The van der Waals surface area contributed by atoms with Crippen molar-refractivity contribution < 1.29 is 14.3 Å². The number of aromatic carboxylic acids is 1. The molecule has 1 N–H and O–H groups in total. The van der Waals surface area contributed by atoms with Gasteiger partial charge in [0.05, 0.1) is 16.4 Å². The molecule has 7 heteroatoms. The van der Waals surface area contributed by atoms with Gasteiger partial charge in [-0.05, 0) is 35.6 Å². The van der Waals surface area contributed by atoms with Crippen LogP contribution in [-0.4, -0.2) is 20.6 Å². The third kappa shape index (κ3) is 2.30. The van der Waals surface area contributed by atoms with Crippen molar-refractivity contribution in [1.29, 1.82) is 0 Å². The van der Waals surface area contributed by atoms with E-state index in [1.807, 2.05) is 22.6 Å². The van der Waals surface area contributed by atoms with Gasteiger partial charge < -0.3 is 9.52 Å². The summed E-state index contributed by atoms with van der Waals surface area (Å²) in [4.78, 5) is 26.9. The molecule has 0 bridgehead atoms. The van der Waals surface area contributed by atoms with E-state index in [0.717, 1.165) is 0 Å². The SMILES string of the molecule is Cc1ncc(I)c(=O)n1Cc1occc1C(=O)O. The third-order valence-corrected chi connectivity index (χ3v) is 3.22. The fourth-order valence-electron chi connectivity index (χ4n) is 1.53. The lowest BCUT2D eigenvalue weighted by Crippen LogP contribution is -2.26. The van der Waals surface area contributed by atoms with E-state index in [-0.39, 0.29) is 23.4 Å². The molecule has 0 amide bonds. The second-order valence-corrected chi connectivity index (χ2v) is 4.77. The van der Waals surface area contributed by atoms with Crippen LogP contribution in [0.2, 0.25) is 0 Å². The number of aromatic nitrogens is 2. The van der Waals surface area contributed by atoms with E-state index in [1.165, 1.54) is 23.1 Å². The number of furan rings is 1. The van der Waals surface area contributed by atoms with Crippen LogP contribution in [0.3, 0.4) is 0 Å². The maximum absolute atomic E-state index is 11.9.